The zero-order valence-electron chi connectivity index (χ0n) is 6.00. The quantitative estimate of drug-likeness (QED) is 0.644. The molecule has 12 heavy (non-hydrogen) atoms. The van der Waals surface area contributed by atoms with Crippen molar-refractivity contribution >= 4 is 33.2 Å². The van der Waals surface area contributed by atoms with Crippen molar-refractivity contribution in [2.75, 3.05) is 0 Å². The molecule has 1 atom stereocenters. The lowest BCUT2D eigenvalue weighted by Crippen LogP contribution is -1.77. The highest BCUT2D eigenvalue weighted by Crippen LogP contribution is 2.30. The third-order valence-electron chi connectivity index (χ3n) is 1.50. The first-order valence-electron chi connectivity index (χ1n) is 3.41. The molecule has 0 amide bonds. The van der Waals surface area contributed by atoms with E-state index in [0.717, 1.165) is 10.2 Å². The highest BCUT2D eigenvalue weighted by Gasteiger charge is 2.10. The average Bonchev–Trinajstić information content (AvgIpc) is 2.46. The van der Waals surface area contributed by atoms with Crippen molar-refractivity contribution in [3.8, 4) is 0 Å². The van der Waals surface area contributed by atoms with Crippen molar-refractivity contribution < 1.29 is 4.39 Å². The molecule has 1 aromatic carbocycles. The van der Waals surface area contributed by atoms with Gasteiger partial charge in [0.1, 0.15) is 5.01 Å². The van der Waals surface area contributed by atoms with Crippen LogP contribution in [0.3, 0.4) is 0 Å². The Kier molecular flexibility index (Phi) is 1.98. The summed E-state index contributed by atoms with van der Waals surface area (Å²) in [6.45, 7) is 0. The fourth-order valence-corrected chi connectivity index (χ4v) is 1.99. The van der Waals surface area contributed by atoms with Gasteiger partial charge in [-0.15, -0.1) is 11.3 Å². The molecule has 2 aromatic rings. The molecule has 0 aliphatic heterocycles. The van der Waals surface area contributed by atoms with Gasteiger partial charge in [-0.05, 0) is 12.1 Å². The van der Waals surface area contributed by atoms with Crippen molar-refractivity contribution in [3.05, 3.63) is 29.3 Å². The summed E-state index contributed by atoms with van der Waals surface area (Å²) in [5.74, 6) is 0. The Morgan fingerprint density at radius 3 is 2.83 bits per heavy atom. The number of rotatable bonds is 1. The van der Waals surface area contributed by atoms with E-state index in [2.05, 4.69) is 4.98 Å². The number of halogens is 2. The number of hydrogen-bond acceptors (Lipinski definition) is 2. The highest BCUT2D eigenvalue weighted by molar-refractivity contribution is 7.18. The van der Waals surface area contributed by atoms with E-state index in [1.54, 1.807) is 0 Å². The number of aromatic nitrogens is 1. The molecule has 0 bridgehead atoms. The maximum Gasteiger partial charge on any atom is 0.224 e. The lowest BCUT2D eigenvalue weighted by Gasteiger charge is -1.87. The van der Waals surface area contributed by atoms with Crippen LogP contribution in [0.5, 0.6) is 0 Å². The van der Waals surface area contributed by atoms with Gasteiger partial charge >= 0.3 is 0 Å². The second-order valence-electron chi connectivity index (χ2n) is 2.32. The largest absolute Gasteiger partial charge is 0.237 e. The van der Waals surface area contributed by atoms with E-state index in [1.807, 2.05) is 24.3 Å². The predicted molar refractivity (Wildman–Crippen MR) is 49.3 cm³/mol. The van der Waals surface area contributed by atoms with Gasteiger partial charge in [0.25, 0.3) is 0 Å². The molecule has 0 unspecified atom stereocenters. The molecule has 0 aliphatic carbocycles. The van der Waals surface area contributed by atoms with E-state index in [0.29, 0.717) is 5.01 Å². The molecule has 0 radical (unpaired) electrons. The fraction of sp³-hybridized carbons (Fsp3) is 0.125. The molecular formula is C8H5ClFNS. The molecule has 0 saturated carbocycles. The molecule has 1 heterocycles. The molecule has 4 heteroatoms. The zero-order valence-corrected chi connectivity index (χ0v) is 7.57. The Morgan fingerprint density at radius 2 is 2.17 bits per heavy atom. The summed E-state index contributed by atoms with van der Waals surface area (Å²) in [5.41, 5.74) is -0.678. The summed E-state index contributed by atoms with van der Waals surface area (Å²) in [5, 5.41) is 0.331. The highest BCUT2D eigenvalue weighted by atomic mass is 35.5. The van der Waals surface area contributed by atoms with Gasteiger partial charge < -0.3 is 0 Å². The maximum absolute atomic E-state index is 12.6. The molecule has 0 spiro atoms. The van der Waals surface area contributed by atoms with Gasteiger partial charge in [-0.1, -0.05) is 23.7 Å². The van der Waals surface area contributed by atoms with Gasteiger partial charge in [0.2, 0.25) is 5.63 Å². The molecule has 0 aliphatic rings. The summed E-state index contributed by atoms with van der Waals surface area (Å²) in [6, 6.07) is 7.50. The minimum Gasteiger partial charge on any atom is -0.237 e. The van der Waals surface area contributed by atoms with E-state index in [4.69, 9.17) is 11.6 Å². The van der Waals surface area contributed by atoms with Crippen LogP contribution in [0, 0.1) is 0 Å². The average molecular weight is 202 g/mol. The number of benzene rings is 1. The van der Waals surface area contributed by atoms with E-state index in [-0.39, 0.29) is 0 Å². The summed E-state index contributed by atoms with van der Waals surface area (Å²) in [4.78, 5) is 4.02. The Labute approximate surface area is 77.8 Å². The van der Waals surface area contributed by atoms with Crippen LogP contribution in [0.15, 0.2) is 24.3 Å². The number of thiazole rings is 1. The second kappa shape index (κ2) is 2.99. The predicted octanol–water partition coefficient (Wildman–Crippen LogP) is 3.50. The minimum atomic E-state index is -1.48. The fourth-order valence-electron chi connectivity index (χ4n) is 0.983. The molecule has 1 nitrogen and oxygen atoms in total. The van der Waals surface area contributed by atoms with Crippen molar-refractivity contribution in [2.45, 2.75) is 5.63 Å². The van der Waals surface area contributed by atoms with Crippen LogP contribution in [0.2, 0.25) is 0 Å². The Bertz CT molecular complexity index is 366. The first-order chi connectivity index (χ1) is 5.77. The molecule has 0 fully saturated rings. The summed E-state index contributed by atoms with van der Waals surface area (Å²) >= 11 is 6.54. The van der Waals surface area contributed by atoms with E-state index >= 15 is 0 Å². The van der Waals surface area contributed by atoms with E-state index < -0.39 is 5.63 Å². The SMILES string of the molecule is F[C@H](Cl)c1nc2ccccc2s1. The van der Waals surface area contributed by atoms with Gasteiger partial charge in [-0.2, -0.15) is 0 Å². The van der Waals surface area contributed by atoms with Crippen LogP contribution in [-0.4, -0.2) is 4.98 Å². The Morgan fingerprint density at radius 1 is 1.42 bits per heavy atom. The van der Waals surface area contributed by atoms with Crippen molar-refractivity contribution in [1.29, 1.82) is 0 Å². The van der Waals surface area contributed by atoms with Gasteiger partial charge in [0.15, 0.2) is 0 Å². The number of alkyl halides is 2. The van der Waals surface area contributed by atoms with Crippen LogP contribution >= 0.6 is 22.9 Å². The van der Waals surface area contributed by atoms with Crippen LogP contribution < -0.4 is 0 Å². The molecule has 0 saturated heterocycles. The lowest BCUT2D eigenvalue weighted by atomic mass is 10.3. The van der Waals surface area contributed by atoms with E-state index in [9.17, 15) is 4.39 Å². The molecule has 62 valence electrons. The molecular weight excluding hydrogens is 197 g/mol. The standard InChI is InChI=1S/C8H5ClFNS/c9-7(10)8-11-5-3-1-2-4-6(5)12-8/h1-4,7H/t7-/m0/s1. The summed E-state index contributed by atoms with van der Waals surface area (Å²) in [6.07, 6.45) is 0. The molecule has 2 rings (SSSR count). The molecule has 1 aromatic heterocycles. The maximum atomic E-state index is 12.6. The second-order valence-corrected chi connectivity index (χ2v) is 3.77. The summed E-state index contributed by atoms with van der Waals surface area (Å²) in [7, 11) is 0. The number of fused-ring (bicyclic) bond motifs is 1. The van der Waals surface area contributed by atoms with Gasteiger partial charge in [-0.25, -0.2) is 9.37 Å². The molecule has 0 N–H and O–H groups in total. The van der Waals surface area contributed by atoms with Gasteiger partial charge in [0.05, 0.1) is 10.2 Å². The first kappa shape index (κ1) is 7.95. The van der Waals surface area contributed by atoms with Crippen LogP contribution in [-0.2, 0) is 0 Å². The normalized spacial score (nSPS) is 13.5. The third kappa shape index (κ3) is 1.30. The Balaban J connectivity index is 2.62. The number of para-hydroxylation sites is 1. The monoisotopic (exact) mass is 201 g/mol. The van der Waals surface area contributed by atoms with Crippen molar-refractivity contribution in [3.63, 3.8) is 0 Å². The minimum absolute atomic E-state index is 0.331. The lowest BCUT2D eigenvalue weighted by molar-refractivity contribution is 0.459. The smallest absolute Gasteiger partial charge is 0.224 e. The first-order valence-corrected chi connectivity index (χ1v) is 4.66. The van der Waals surface area contributed by atoms with Crippen LogP contribution in [0.4, 0.5) is 4.39 Å². The van der Waals surface area contributed by atoms with Gasteiger partial charge in [-0.3, -0.25) is 0 Å². The van der Waals surface area contributed by atoms with Crippen LogP contribution in [0.25, 0.3) is 10.2 Å². The van der Waals surface area contributed by atoms with Crippen LogP contribution in [0.1, 0.15) is 10.6 Å². The van der Waals surface area contributed by atoms with Crippen molar-refractivity contribution in [2.24, 2.45) is 0 Å². The van der Waals surface area contributed by atoms with Gasteiger partial charge in [0, 0.05) is 0 Å². The van der Waals surface area contributed by atoms with Crippen molar-refractivity contribution in [1.82, 2.24) is 4.98 Å². The Hall–Kier alpha value is -0.670. The number of nitrogens with zero attached hydrogens (tertiary/aromatic N) is 1. The van der Waals surface area contributed by atoms with E-state index in [1.165, 1.54) is 11.3 Å². The third-order valence-corrected chi connectivity index (χ3v) is 2.91. The summed E-state index contributed by atoms with van der Waals surface area (Å²) < 4.78 is 13.6. The topological polar surface area (TPSA) is 12.9 Å². The number of hydrogen-bond donors (Lipinski definition) is 0. The zero-order chi connectivity index (χ0) is 8.55.